The molecule has 1 N–H and O–H groups in total. The van der Waals surface area contributed by atoms with Crippen molar-refractivity contribution in [2.75, 3.05) is 0 Å². The normalized spacial score (nSPS) is 10.9. The summed E-state index contributed by atoms with van der Waals surface area (Å²) in [6.45, 7) is 0. The van der Waals surface area contributed by atoms with Crippen molar-refractivity contribution in [2.45, 2.75) is 6.42 Å². The molecule has 2 heterocycles. The fraction of sp³-hybridized carbons (Fsp3) is 0.0476. The van der Waals surface area contributed by atoms with Crippen molar-refractivity contribution in [3.8, 4) is 22.8 Å². The summed E-state index contributed by atoms with van der Waals surface area (Å²) < 4.78 is 41.4. The summed E-state index contributed by atoms with van der Waals surface area (Å²) in [4.78, 5) is 20.3. The Balaban J connectivity index is 1.67. The zero-order chi connectivity index (χ0) is 21.3. The molecular weight excluding hydrogens is 397 g/mol. The van der Waals surface area contributed by atoms with E-state index in [1.807, 2.05) is 0 Å². The molecular formula is C21H13F3N4O2. The van der Waals surface area contributed by atoms with Crippen LogP contribution < -0.4 is 5.43 Å². The number of hydrogen-bond acceptors (Lipinski definition) is 5. The lowest BCUT2D eigenvalue weighted by Crippen LogP contribution is -2.16. The second-order valence-electron chi connectivity index (χ2n) is 6.44. The van der Waals surface area contributed by atoms with Crippen LogP contribution in [-0.2, 0) is 6.42 Å². The maximum absolute atomic E-state index is 13.5. The molecule has 2 aromatic heterocycles. The van der Waals surface area contributed by atoms with Crippen molar-refractivity contribution >= 4 is 0 Å². The lowest BCUT2D eigenvalue weighted by molar-refractivity contribution is 0.445. The van der Waals surface area contributed by atoms with Crippen LogP contribution in [0.1, 0.15) is 11.3 Å². The number of hydrogen-bond donors (Lipinski definition) is 1. The largest absolute Gasteiger partial charge is 0.505 e. The summed E-state index contributed by atoms with van der Waals surface area (Å²) in [7, 11) is 0. The first-order valence-electron chi connectivity index (χ1n) is 8.75. The Bertz CT molecular complexity index is 1270. The summed E-state index contributed by atoms with van der Waals surface area (Å²) in [5, 5.41) is 13.5. The number of benzene rings is 2. The summed E-state index contributed by atoms with van der Waals surface area (Å²) in [6, 6.07) is 9.88. The zero-order valence-electron chi connectivity index (χ0n) is 15.3. The van der Waals surface area contributed by atoms with Gasteiger partial charge in [0.05, 0.1) is 18.1 Å². The van der Waals surface area contributed by atoms with Gasteiger partial charge in [0.25, 0.3) is 0 Å². The highest BCUT2D eigenvalue weighted by Gasteiger charge is 2.13. The highest BCUT2D eigenvalue weighted by molar-refractivity contribution is 5.56. The van der Waals surface area contributed by atoms with Gasteiger partial charge < -0.3 is 5.11 Å². The van der Waals surface area contributed by atoms with E-state index in [2.05, 4.69) is 15.1 Å². The summed E-state index contributed by atoms with van der Waals surface area (Å²) in [5.41, 5.74) is 1.11. The van der Waals surface area contributed by atoms with Crippen LogP contribution in [0, 0.1) is 17.5 Å². The number of nitrogens with zero attached hydrogens (tertiary/aromatic N) is 4. The van der Waals surface area contributed by atoms with Gasteiger partial charge in [0, 0.05) is 36.4 Å². The first kappa shape index (κ1) is 19.3. The average molecular weight is 410 g/mol. The molecule has 0 aliphatic carbocycles. The number of rotatable bonds is 4. The Labute approximate surface area is 167 Å². The molecule has 0 aliphatic heterocycles. The van der Waals surface area contributed by atoms with Gasteiger partial charge in [-0.1, -0.05) is 18.2 Å². The second-order valence-corrected chi connectivity index (χ2v) is 6.44. The monoisotopic (exact) mass is 410 g/mol. The van der Waals surface area contributed by atoms with E-state index >= 15 is 0 Å². The van der Waals surface area contributed by atoms with E-state index < -0.39 is 17.5 Å². The van der Waals surface area contributed by atoms with E-state index in [0.717, 1.165) is 22.4 Å². The van der Waals surface area contributed by atoms with E-state index in [4.69, 9.17) is 0 Å². The smallest absolute Gasteiger partial charge is 0.203 e. The Kier molecular flexibility index (Phi) is 5.01. The average Bonchev–Trinajstić information content (AvgIpc) is 2.74. The van der Waals surface area contributed by atoms with Crippen LogP contribution in [0.5, 0.6) is 5.75 Å². The maximum atomic E-state index is 13.5. The molecule has 150 valence electrons. The first-order valence-corrected chi connectivity index (χ1v) is 8.75. The van der Waals surface area contributed by atoms with Crippen LogP contribution in [0.15, 0.2) is 65.8 Å². The van der Waals surface area contributed by atoms with Crippen LogP contribution in [0.2, 0.25) is 0 Å². The van der Waals surface area contributed by atoms with Gasteiger partial charge in [-0.2, -0.15) is 5.10 Å². The molecule has 0 unspecified atom stereocenters. The minimum absolute atomic E-state index is 0.0566. The molecule has 4 rings (SSSR count). The standard InChI is InChI=1S/C21H13F3N4O2/c22-16-8-14(9-17(23)20(16)24)28-5-4-19(30)18(27-28)7-12-2-1-3-13(6-12)21-25-10-15(29)11-26-21/h1-6,8-11,29H,7H2. The molecule has 4 aromatic rings. The molecule has 0 fully saturated rings. The number of halogens is 3. The van der Waals surface area contributed by atoms with Gasteiger partial charge in [-0.25, -0.2) is 27.8 Å². The van der Waals surface area contributed by atoms with Crippen LogP contribution in [0.25, 0.3) is 17.1 Å². The van der Waals surface area contributed by atoms with Crippen molar-refractivity contribution in [3.05, 3.63) is 100.0 Å². The third-order valence-electron chi connectivity index (χ3n) is 4.31. The lowest BCUT2D eigenvalue weighted by atomic mass is 10.1. The Morgan fingerprint density at radius 3 is 2.37 bits per heavy atom. The van der Waals surface area contributed by atoms with E-state index in [9.17, 15) is 23.1 Å². The molecule has 6 nitrogen and oxygen atoms in total. The van der Waals surface area contributed by atoms with E-state index in [-0.39, 0.29) is 29.0 Å². The first-order chi connectivity index (χ1) is 14.4. The molecule has 9 heteroatoms. The molecule has 0 saturated carbocycles. The molecule has 0 radical (unpaired) electrons. The third kappa shape index (κ3) is 3.90. The molecule has 2 aromatic carbocycles. The van der Waals surface area contributed by atoms with Crippen LogP contribution in [-0.4, -0.2) is 24.9 Å². The summed E-state index contributed by atoms with van der Waals surface area (Å²) in [6.07, 6.45) is 3.93. The molecule has 0 amide bonds. The van der Waals surface area contributed by atoms with Gasteiger partial charge in [-0.05, 0) is 11.6 Å². The number of aromatic hydroxyl groups is 1. The minimum Gasteiger partial charge on any atom is -0.505 e. The minimum atomic E-state index is -1.58. The Morgan fingerprint density at radius 1 is 0.967 bits per heavy atom. The summed E-state index contributed by atoms with van der Waals surface area (Å²) in [5.74, 6) is -3.95. The van der Waals surface area contributed by atoms with Gasteiger partial charge in [0.2, 0.25) is 5.43 Å². The third-order valence-corrected chi connectivity index (χ3v) is 4.31. The van der Waals surface area contributed by atoms with E-state index in [1.54, 1.807) is 24.3 Å². The highest BCUT2D eigenvalue weighted by Crippen LogP contribution is 2.19. The van der Waals surface area contributed by atoms with Gasteiger partial charge >= 0.3 is 0 Å². The number of aromatic nitrogens is 4. The van der Waals surface area contributed by atoms with Gasteiger partial charge in [-0.15, -0.1) is 0 Å². The van der Waals surface area contributed by atoms with Crippen molar-refractivity contribution in [3.63, 3.8) is 0 Å². The van der Waals surface area contributed by atoms with Crippen LogP contribution in [0.3, 0.4) is 0 Å². The predicted molar refractivity (Wildman–Crippen MR) is 102 cm³/mol. The Morgan fingerprint density at radius 2 is 1.67 bits per heavy atom. The molecule has 30 heavy (non-hydrogen) atoms. The van der Waals surface area contributed by atoms with Crippen LogP contribution >= 0.6 is 0 Å². The topological polar surface area (TPSA) is 80.9 Å². The van der Waals surface area contributed by atoms with E-state index in [1.165, 1.54) is 24.7 Å². The SMILES string of the molecule is O=c1ccn(-c2cc(F)c(F)c(F)c2)nc1Cc1cccc(-c2ncc(O)cn2)c1. The van der Waals surface area contributed by atoms with Gasteiger partial charge in [-0.3, -0.25) is 4.79 Å². The van der Waals surface area contributed by atoms with Crippen molar-refractivity contribution in [1.82, 2.24) is 19.7 Å². The maximum Gasteiger partial charge on any atom is 0.203 e. The van der Waals surface area contributed by atoms with E-state index in [0.29, 0.717) is 11.4 Å². The lowest BCUT2D eigenvalue weighted by Gasteiger charge is -2.09. The molecule has 0 spiro atoms. The van der Waals surface area contributed by atoms with Crippen LogP contribution in [0.4, 0.5) is 13.2 Å². The fourth-order valence-corrected chi connectivity index (χ4v) is 2.87. The summed E-state index contributed by atoms with van der Waals surface area (Å²) >= 11 is 0. The zero-order valence-corrected chi connectivity index (χ0v) is 15.3. The Hall–Kier alpha value is -4.01. The van der Waals surface area contributed by atoms with Gasteiger partial charge in [0.15, 0.2) is 29.0 Å². The second kappa shape index (κ2) is 7.78. The molecule has 0 saturated heterocycles. The van der Waals surface area contributed by atoms with Crippen molar-refractivity contribution < 1.29 is 18.3 Å². The highest BCUT2D eigenvalue weighted by atomic mass is 19.2. The molecule has 0 bridgehead atoms. The quantitative estimate of drug-likeness (QED) is 0.522. The fourth-order valence-electron chi connectivity index (χ4n) is 2.87. The van der Waals surface area contributed by atoms with Crippen molar-refractivity contribution in [1.29, 1.82) is 0 Å². The molecule has 0 aliphatic rings. The predicted octanol–water partition coefficient (Wildman–Crippen LogP) is 3.40. The van der Waals surface area contributed by atoms with Crippen molar-refractivity contribution in [2.24, 2.45) is 0 Å². The molecule has 0 atom stereocenters. The van der Waals surface area contributed by atoms with Gasteiger partial charge in [0.1, 0.15) is 5.69 Å².